The van der Waals surface area contributed by atoms with Gasteiger partial charge in [-0.05, 0) is 49.7 Å². The zero-order valence-electron chi connectivity index (χ0n) is 11.7. The molecule has 0 atom stereocenters. The molecule has 0 spiro atoms. The van der Waals surface area contributed by atoms with Gasteiger partial charge in [-0.1, -0.05) is 12.1 Å². The molecule has 3 aromatic rings. The molecule has 20 heavy (non-hydrogen) atoms. The summed E-state index contributed by atoms with van der Waals surface area (Å²) in [7, 11) is 0. The van der Waals surface area contributed by atoms with Gasteiger partial charge >= 0.3 is 0 Å². The van der Waals surface area contributed by atoms with Crippen LogP contribution in [0.5, 0.6) is 0 Å². The van der Waals surface area contributed by atoms with E-state index in [4.69, 9.17) is 0 Å². The average Bonchev–Trinajstić information content (AvgIpc) is 2.46. The van der Waals surface area contributed by atoms with Crippen LogP contribution < -0.4 is 5.32 Å². The van der Waals surface area contributed by atoms with Gasteiger partial charge in [0, 0.05) is 23.3 Å². The normalized spacial score (nSPS) is 10.7. The molecular formula is C17H17N3. The third-order valence-electron chi connectivity index (χ3n) is 3.30. The Balaban J connectivity index is 1.77. The highest BCUT2D eigenvalue weighted by atomic mass is 14.9. The lowest BCUT2D eigenvalue weighted by Gasteiger charge is -2.07. The summed E-state index contributed by atoms with van der Waals surface area (Å²) in [5, 5.41) is 4.56. The van der Waals surface area contributed by atoms with Crippen LogP contribution in [-0.2, 0) is 6.54 Å². The Morgan fingerprint density at radius 3 is 2.60 bits per heavy atom. The molecule has 0 aliphatic rings. The minimum absolute atomic E-state index is 0.786. The van der Waals surface area contributed by atoms with Gasteiger partial charge in [-0.25, -0.2) is 0 Å². The smallest absolute Gasteiger partial charge is 0.0705 e. The quantitative estimate of drug-likeness (QED) is 0.779. The fraction of sp³-hybridized carbons (Fsp3) is 0.176. The average molecular weight is 263 g/mol. The molecule has 0 saturated heterocycles. The summed E-state index contributed by atoms with van der Waals surface area (Å²) in [6.07, 6.45) is 1.86. The van der Waals surface area contributed by atoms with Gasteiger partial charge in [-0.3, -0.25) is 9.97 Å². The molecule has 1 aromatic carbocycles. The van der Waals surface area contributed by atoms with Gasteiger partial charge < -0.3 is 5.32 Å². The third-order valence-corrected chi connectivity index (χ3v) is 3.30. The van der Waals surface area contributed by atoms with E-state index in [9.17, 15) is 0 Å². The van der Waals surface area contributed by atoms with Crippen LogP contribution in [0.25, 0.3) is 10.9 Å². The van der Waals surface area contributed by atoms with Gasteiger partial charge in [0.2, 0.25) is 0 Å². The van der Waals surface area contributed by atoms with Crippen molar-refractivity contribution in [2.45, 2.75) is 20.4 Å². The summed E-state index contributed by atoms with van der Waals surface area (Å²) < 4.78 is 0. The van der Waals surface area contributed by atoms with Crippen molar-refractivity contribution in [2.75, 3.05) is 5.32 Å². The van der Waals surface area contributed by atoms with E-state index in [1.54, 1.807) is 0 Å². The zero-order valence-corrected chi connectivity index (χ0v) is 11.7. The van der Waals surface area contributed by atoms with E-state index in [1.807, 2.05) is 38.2 Å². The summed E-state index contributed by atoms with van der Waals surface area (Å²) in [5.74, 6) is 0. The van der Waals surface area contributed by atoms with Crippen LogP contribution in [0.15, 0.2) is 48.7 Å². The second-order valence-corrected chi connectivity index (χ2v) is 5.02. The maximum Gasteiger partial charge on any atom is 0.0705 e. The molecule has 2 aromatic heterocycles. The minimum Gasteiger partial charge on any atom is -0.380 e. The Morgan fingerprint density at radius 2 is 1.80 bits per heavy atom. The Hall–Kier alpha value is -2.42. The molecule has 0 aliphatic heterocycles. The van der Waals surface area contributed by atoms with Crippen molar-refractivity contribution in [1.82, 2.24) is 9.97 Å². The first-order valence-electron chi connectivity index (χ1n) is 6.73. The highest BCUT2D eigenvalue weighted by Crippen LogP contribution is 2.16. The van der Waals surface area contributed by atoms with E-state index in [1.165, 1.54) is 10.9 Å². The molecule has 0 aliphatic carbocycles. The number of rotatable bonds is 3. The van der Waals surface area contributed by atoms with Crippen molar-refractivity contribution in [2.24, 2.45) is 0 Å². The molecule has 0 saturated carbocycles. The van der Waals surface area contributed by atoms with Crippen LogP contribution in [-0.4, -0.2) is 9.97 Å². The first-order valence-corrected chi connectivity index (χ1v) is 6.73. The number of fused-ring (bicyclic) bond motifs is 1. The zero-order chi connectivity index (χ0) is 13.9. The van der Waals surface area contributed by atoms with E-state index in [2.05, 4.69) is 39.6 Å². The highest BCUT2D eigenvalue weighted by Gasteiger charge is 1.99. The number of pyridine rings is 2. The largest absolute Gasteiger partial charge is 0.380 e. The van der Waals surface area contributed by atoms with Crippen molar-refractivity contribution in [3.8, 4) is 0 Å². The molecule has 0 amide bonds. The van der Waals surface area contributed by atoms with Crippen molar-refractivity contribution in [3.63, 3.8) is 0 Å². The minimum atomic E-state index is 0.786. The van der Waals surface area contributed by atoms with Crippen LogP contribution in [0.4, 0.5) is 5.69 Å². The van der Waals surface area contributed by atoms with E-state index in [0.717, 1.165) is 29.1 Å². The molecule has 0 fully saturated rings. The lowest BCUT2D eigenvalue weighted by Crippen LogP contribution is -2.00. The number of benzene rings is 1. The number of anilines is 1. The van der Waals surface area contributed by atoms with Crippen molar-refractivity contribution < 1.29 is 0 Å². The van der Waals surface area contributed by atoms with E-state index in [-0.39, 0.29) is 0 Å². The number of hydrogen-bond acceptors (Lipinski definition) is 3. The van der Waals surface area contributed by atoms with Gasteiger partial charge in [0.05, 0.1) is 17.4 Å². The van der Waals surface area contributed by atoms with Crippen molar-refractivity contribution in [1.29, 1.82) is 0 Å². The Morgan fingerprint density at radius 1 is 0.950 bits per heavy atom. The van der Waals surface area contributed by atoms with Gasteiger partial charge in [0.15, 0.2) is 0 Å². The van der Waals surface area contributed by atoms with E-state index < -0.39 is 0 Å². The number of aromatic nitrogens is 2. The molecule has 0 unspecified atom stereocenters. The molecule has 2 heterocycles. The number of nitrogens with one attached hydrogen (secondary N) is 1. The summed E-state index contributed by atoms with van der Waals surface area (Å²) in [5.41, 5.74) is 5.41. The van der Waals surface area contributed by atoms with Crippen LogP contribution in [0.3, 0.4) is 0 Å². The lowest BCUT2D eigenvalue weighted by molar-refractivity contribution is 1.12. The first-order chi connectivity index (χ1) is 9.70. The van der Waals surface area contributed by atoms with Crippen LogP contribution in [0.2, 0.25) is 0 Å². The van der Waals surface area contributed by atoms with Gasteiger partial charge in [-0.2, -0.15) is 0 Å². The van der Waals surface area contributed by atoms with Crippen LogP contribution in [0, 0.1) is 13.8 Å². The number of hydrogen-bond donors (Lipinski definition) is 1. The summed E-state index contributed by atoms with van der Waals surface area (Å²) in [6.45, 7) is 4.79. The molecule has 0 bridgehead atoms. The number of aryl methyl sites for hydroxylation is 2. The topological polar surface area (TPSA) is 37.8 Å². The standard InChI is InChI=1S/C17H17N3/c1-12-4-7-16(11-18-12)19-10-14-5-8-17-15(9-14)6-3-13(2)20-17/h3-9,11,19H,10H2,1-2H3. The molecule has 3 rings (SSSR count). The van der Waals surface area contributed by atoms with Gasteiger partial charge in [0.25, 0.3) is 0 Å². The molecule has 1 N–H and O–H groups in total. The molecule has 100 valence electrons. The summed E-state index contributed by atoms with van der Waals surface area (Å²) >= 11 is 0. The molecule has 3 heteroatoms. The fourth-order valence-electron chi connectivity index (χ4n) is 2.16. The molecule has 3 nitrogen and oxygen atoms in total. The van der Waals surface area contributed by atoms with Crippen LogP contribution in [0.1, 0.15) is 17.0 Å². The first kappa shape index (κ1) is 12.6. The summed E-state index contributed by atoms with van der Waals surface area (Å²) in [4.78, 5) is 8.79. The second-order valence-electron chi connectivity index (χ2n) is 5.02. The van der Waals surface area contributed by atoms with Crippen LogP contribution >= 0.6 is 0 Å². The van der Waals surface area contributed by atoms with E-state index >= 15 is 0 Å². The molecular weight excluding hydrogens is 246 g/mol. The Bertz CT molecular complexity index is 733. The monoisotopic (exact) mass is 263 g/mol. The SMILES string of the molecule is Cc1ccc(NCc2ccc3nc(C)ccc3c2)cn1. The highest BCUT2D eigenvalue weighted by molar-refractivity contribution is 5.79. The summed E-state index contributed by atoms with van der Waals surface area (Å²) in [6, 6.07) is 14.6. The van der Waals surface area contributed by atoms with Gasteiger partial charge in [0.1, 0.15) is 0 Å². The van der Waals surface area contributed by atoms with Crippen molar-refractivity contribution in [3.05, 3.63) is 65.6 Å². The molecule has 0 radical (unpaired) electrons. The maximum atomic E-state index is 4.51. The van der Waals surface area contributed by atoms with E-state index in [0.29, 0.717) is 0 Å². The Labute approximate surface area is 118 Å². The van der Waals surface area contributed by atoms with Gasteiger partial charge in [-0.15, -0.1) is 0 Å². The third kappa shape index (κ3) is 2.77. The lowest BCUT2D eigenvalue weighted by atomic mass is 10.1. The fourth-order valence-corrected chi connectivity index (χ4v) is 2.16. The number of nitrogens with zero attached hydrogens (tertiary/aromatic N) is 2. The predicted octanol–water partition coefficient (Wildman–Crippen LogP) is 3.86. The van der Waals surface area contributed by atoms with Crippen molar-refractivity contribution >= 4 is 16.6 Å². The predicted molar refractivity (Wildman–Crippen MR) is 82.8 cm³/mol. The second kappa shape index (κ2) is 5.29. The maximum absolute atomic E-state index is 4.51. The Kier molecular flexibility index (Phi) is 3.33.